The van der Waals surface area contributed by atoms with Crippen LogP contribution in [0.3, 0.4) is 0 Å². The number of nitrogens with zero attached hydrogens (tertiary/aromatic N) is 4. The van der Waals surface area contributed by atoms with Crippen LogP contribution >= 0.6 is 0 Å². The van der Waals surface area contributed by atoms with Crippen LogP contribution in [0.1, 0.15) is 27.7 Å². The first-order chi connectivity index (χ1) is 18.2. The molecule has 2 aliphatic heterocycles. The van der Waals surface area contributed by atoms with Crippen molar-refractivity contribution in [3.05, 3.63) is 54.9 Å². The second kappa shape index (κ2) is 9.16. The van der Waals surface area contributed by atoms with Gasteiger partial charge in [0, 0.05) is 16.9 Å². The van der Waals surface area contributed by atoms with E-state index in [0.717, 1.165) is 46.7 Å². The summed E-state index contributed by atoms with van der Waals surface area (Å²) in [6.07, 6.45) is 1.35. The van der Waals surface area contributed by atoms with Gasteiger partial charge in [-0.1, -0.05) is 19.1 Å². The van der Waals surface area contributed by atoms with Gasteiger partial charge >= 0.3 is 6.09 Å². The molecule has 4 heterocycles. The molecule has 2 aliphatic rings. The lowest BCUT2D eigenvalue weighted by atomic mass is 9.90. The summed E-state index contributed by atoms with van der Waals surface area (Å²) in [5, 5.41) is 0.975. The summed E-state index contributed by atoms with van der Waals surface area (Å²) in [5.74, 6) is 2.22. The molecule has 2 saturated heterocycles. The maximum atomic E-state index is 12.3. The molecule has 0 saturated carbocycles. The molecule has 1 amide bonds. The molecule has 6 rings (SSSR count). The number of para-hydroxylation sites is 1. The first-order valence-corrected chi connectivity index (χ1v) is 12.9. The minimum absolute atomic E-state index is 0.0800. The number of hydrogen-bond donors (Lipinski definition) is 0. The highest BCUT2D eigenvalue weighted by molar-refractivity contribution is 5.86. The summed E-state index contributed by atoms with van der Waals surface area (Å²) in [7, 11) is 0. The second-order valence-electron chi connectivity index (χ2n) is 11.5. The molecule has 9 heteroatoms. The molecule has 0 unspecified atom stereocenters. The smallest absolute Gasteiger partial charge is 0.410 e. The predicted octanol–water partition coefficient (Wildman–Crippen LogP) is 4.99. The number of fused-ring (bicyclic) bond motifs is 2. The molecule has 0 N–H and O–H groups in total. The van der Waals surface area contributed by atoms with Crippen molar-refractivity contribution in [1.29, 1.82) is 0 Å². The van der Waals surface area contributed by atoms with Crippen molar-refractivity contribution in [2.75, 3.05) is 32.9 Å². The van der Waals surface area contributed by atoms with Gasteiger partial charge in [0.2, 0.25) is 0 Å². The zero-order chi connectivity index (χ0) is 26.5. The summed E-state index contributed by atoms with van der Waals surface area (Å²) in [5.41, 5.74) is 2.10. The number of benzene rings is 2. The van der Waals surface area contributed by atoms with Crippen molar-refractivity contribution >= 4 is 28.0 Å². The highest BCUT2D eigenvalue weighted by Gasteiger charge is 2.36. The summed E-state index contributed by atoms with van der Waals surface area (Å²) >= 11 is 0. The molecule has 2 fully saturated rings. The van der Waals surface area contributed by atoms with Crippen LogP contribution < -0.4 is 9.47 Å². The van der Waals surface area contributed by atoms with Crippen LogP contribution in [0.15, 0.2) is 54.9 Å². The minimum atomic E-state index is -0.519. The average molecular weight is 517 g/mol. The molecule has 2 aromatic heterocycles. The first-order valence-electron chi connectivity index (χ1n) is 12.9. The monoisotopic (exact) mass is 516 g/mol. The molecule has 4 aromatic rings. The van der Waals surface area contributed by atoms with Gasteiger partial charge < -0.3 is 23.8 Å². The Balaban J connectivity index is 1.19. The number of amides is 1. The number of imidazole rings is 1. The van der Waals surface area contributed by atoms with Crippen LogP contribution in [0.5, 0.6) is 11.5 Å². The number of carbonyl (C=O) groups excluding carboxylic acids is 1. The molecule has 0 aliphatic carbocycles. The molecule has 0 atom stereocenters. The summed E-state index contributed by atoms with van der Waals surface area (Å²) in [6.45, 7) is 10.8. The lowest BCUT2D eigenvalue weighted by molar-refractivity contribution is -0.120. The fraction of sp³-hybridized carbons (Fsp3) is 0.414. The van der Waals surface area contributed by atoms with Gasteiger partial charge in [0.25, 0.3) is 0 Å². The molecule has 9 nitrogen and oxygen atoms in total. The van der Waals surface area contributed by atoms with E-state index < -0.39 is 5.60 Å². The molecule has 38 heavy (non-hydrogen) atoms. The van der Waals surface area contributed by atoms with E-state index in [1.807, 2.05) is 73.9 Å². The first kappa shape index (κ1) is 24.5. The van der Waals surface area contributed by atoms with Gasteiger partial charge in [0.1, 0.15) is 40.9 Å². The Morgan fingerprint density at radius 3 is 2.68 bits per heavy atom. The van der Waals surface area contributed by atoms with E-state index in [1.54, 1.807) is 11.2 Å². The van der Waals surface area contributed by atoms with E-state index in [1.165, 1.54) is 0 Å². The SMILES string of the molecule is CC1(COc2ccc3c(c2)ncn3-c2ccc3cccc(OC4CN(C(=O)OC(C)(C)C)C4)c3n2)COC1. The van der Waals surface area contributed by atoms with Crippen LogP contribution in [0.4, 0.5) is 4.79 Å². The molecule has 0 spiro atoms. The van der Waals surface area contributed by atoms with Gasteiger partial charge in [0.05, 0.1) is 43.9 Å². The van der Waals surface area contributed by atoms with Gasteiger partial charge in [0.15, 0.2) is 0 Å². The lowest BCUT2D eigenvalue weighted by Gasteiger charge is -2.39. The predicted molar refractivity (Wildman–Crippen MR) is 143 cm³/mol. The lowest BCUT2D eigenvalue weighted by Crippen LogP contribution is -2.57. The molecular formula is C29H32N4O5. The van der Waals surface area contributed by atoms with Gasteiger partial charge in [-0.2, -0.15) is 0 Å². The summed E-state index contributed by atoms with van der Waals surface area (Å²) < 4.78 is 25.0. The molecule has 2 aromatic carbocycles. The van der Waals surface area contributed by atoms with Crippen LogP contribution in [0.2, 0.25) is 0 Å². The van der Waals surface area contributed by atoms with Crippen molar-refractivity contribution in [2.45, 2.75) is 39.4 Å². The molecular weight excluding hydrogens is 484 g/mol. The largest absolute Gasteiger partial charge is 0.493 e. The highest BCUT2D eigenvalue weighted by atomic mass is 16.6. The van der Waals surface area contributed by atoms with E-state index in [-0.39, 0.29) is 17.6 Å². The Morgan fingerprint density at radius 2 is 1.95 bits per heavy atom. The number of aromatic nitrogens is 3. The fourth-order valence-corrected chi connectivity index (χ4v) is 4.56. The van der Waals surface area contributed by atoms with E-state index in [9.17, 15) is 4.79 Å². The Kier molecular flexibility index (Phi) is 5.90. The Labute approximate surface area is 221 Å². The summed E-state index contributed by atoms with van der Waals surface area (Å²) in [6, 6.07) is 15.8. The molecule has 0 bridgehead atoms. The second-order valence-corrected chi connectivity index (χ2v) is 11.5. The third kappa shape index (κ3) is 4.86. The highest BCUT2D eigenvalue weighted by Crippen LogP contribution is 2.31. The topological polar surface area (TPSA) is 87.9 Å². The van der Waals surface area contributed by atoms with Crippen LogP contribution in [0, 0.1) is 5.41 Å². The van der Waals surface area contributed by atoms with Gasteiger partial charge in [-0.3, -0.25) is 4.57 Å². The number of hydrogen-bond acceptors (Lipinski definition) is 7. The standard InChI is InChI=1S/C29H32N4O5/c1-28(2,3)38-27(34)32-13-21(14-32)37-24-7-5-6-19-8-11-25(31-26(19)24)33-18-30-22-12-20(9-10-23(22)33)36-17-29(4)15-35-16-29/h5-12,18,21H,13-17H2,1-4H3. The molecule has 0 radical (unpaired) electrons. The van der Waals surface area contributed by atoms with Crippen molar-refractivity contribution in [3.63, 3.8) is 0 Å². The van der Waals surface area contributed by atoms with Gasteiger partial charge in [-0.05, 0) is 51.1 Å². The Hall–Kier alpha value is -3.85. The zero-order valence-electron chi connectivity index (χ0n) is 22.1. The number of rotatable bonds is 6. The maximum absolute atomic E-state index is 12.3. The fourth-order valence-electron chi connectivity index (χ4n) is 4.56. The maximum Gasteiger partial charge on any atom is 0.410 e. The van der Waals surface area contributed by atoms with E-state index in [2.05, 4.69) is 11.9 Å². The normalized spacial score (nSPS) is 17.2. The molecule has 198 valence electrons. The van der Waals surface area contributed by atoms with Gasteiger partial charge in [-0.15, -0.1) is 0 Å². The third-order valence-electron chi connectivity index (χ3n) is 6.72. The Bertz CT molecular complexity index is 1500. The van der Waals surface area contributed by atoms with Crippen molar-refractivity contribution in [3.8, 4) is 17.3 Å². The number of carbonyl (C=O) groups is 1. The van der Waals surface area contributed by atoms with Crippen molar-refractivity contribution in [2.24, 2.45) is 5.41 Å². The summed E-state index contributed by atoms with van der Waals surface area (Å²) in [4.78, 5) is 23.4. The zero-order valence-corrected chi connectivity index (χ0v) is 22.1. The van der Waals surface area contributed by atoms with Crippen LogP contribution in [-0.2, 0) is 9.47 Å². The van der Waals surface area contributed by atoms with E-state index >= 15 is 0 Å². The van der Waals surface area contributed by atoms with Crippen molar-refractivity contribution in [1.82, 2.24) is 19.4 Å². The van der Waals surface area contributed by atoms with Gasteiger partial charge in [-0.25, -0.2) is 14.8 Å². The number of likely N-dealkylation sites (tertiary alicyclic amines) is 1. The van der Waals surface area contributed by atoms with Crippen LogP contribution in [-0.4, -0.2) is 70.1 Å². The number of ether oxygens (including phenoxy) is 4. The van der Waals surface area contributed by atoms with Crippen molar-refractivity contribution < 1.29 is 23.7 Å². The third-order valence-corrected chi connectivity index (χ3v) is 6.72. The van der Waals surface area contributed by atoms with Crippen LogP contribution in [0.25, 0.3) is 27.8 Å². The quantitative estimate of drug-likeness (QED) is 0.357. The minimum Gasteiger partial charge on any atom is -0.493 e. The van der Waals surface area contributed by atoms with E-state index in [4.69, 9.17) is 23.9 Å². The number of pyridine rings is 1. The average Bonchev–Trinajstić information content (AvgIpc) is 3.25. The van der Waals surface area contributed by atoms with E-state index in [0.29, 0.717) is 25.4 Å². The Morgan fingerprint density at radius 1 is 1.13 bits per heavy atom.